The highest BCUT2D eigenvalue weighted by Crippen LogP contribution is 2.43. The second kappa shape index (κ2) is 3.89. The van der Waals surface area contributed by atoms with Gasteiger partial charge in [-0.1, -0.05) is 5.16 Å². The van der Waals surface area contributed by atoms with Gasteiger partial charge in [-0.15, -0.1) is 0 Å². The lowest BCUT2D eigenvalue weighted by molar-refractivity contribution is 0.0686. The number of phenols is 1. The van der Waals surface area contributed by atoms with Crippen molar-refractivity contribution in [3.05, 3.63) is 36.4 Å². The third kappa shape index (κ3) is 1.48. The van der Waals surface area contributed by atoms with Gasteiger partial charge in [0, 0.05) is 11.5 Å². The maximum Gasteiger partial charge on any atom is 0.358 e. The van der Waals surface area contributed by atoms with Crippen LogP contribution in [0.3, 0.4) is 0 Å². The Bertz CT molecular complexity index is 938. The number of carboxylic acid groups (broad SMARTS) is 1. The molecule has 0 unspecified atom stereocenters. The largest absolute Gasteiger partial charge is 0.504 e. The minimum Gasteiger partial charge on any atom is -0.504 e. The molecule has 21 heavy (non-hydrogen) atoms. The van der Waals surface area contributed by atoms with Crippen molar-refractivity contribution in [2.24, 2.45) is 0 Å². The molecule has 0 bridgehead atoms. The normalized spacial score (nSPS) is 11.4. The van der Waals surface area contributed by atoms with Crippen LogP contribution in [-0.4, -0.2) is 21.3 Å². The molecule has 0 spiro atoms. The van der Waals surface area contributed by atoms with Gasteiger partial charge in [-0.2, -0.15) is 0 Å². The number of hydrogen-bond donors (Lipinski definition) is 2. The molecule has 0 atom stereocenters. The molecule has 4 rings (SSSR count). The fourth-order valence-electron chi connectivity index (χ4n) is 2.36. The van der Waals surface area contributed by atoms with Crippen molar-refractivity contribution in [2.75, 3.05) is 0 Å². The first-order valence-corrected chi connectivity index (χ1v) is 5.96. The van der Waals surface area contributed by atoms with Crippen LogP contribution in [0.2, 0.25) is 0 Å². The number of aromatic hydroxyl groups is 1. The molecule has 0 aliphatic carbocycles. The molecular weight excluding hydrogens is 278 g/mol. The number of nitrogens with zero attached hydrogens (tertiary/aromatic N) is 1. The summed E-state index contributed by atoms with van der Waals surface area (Å²) in [6.07, 6.45) is 2.84. The van der Waals surface area contributed by atoms with Crippen molar-refractivity contribution in [3.8, 4) is 17.1 Å². The van der Waals surface area contributed by atoms with E-state index in [9.17, 15) is 9.90 Å². The van der Waals surface area contributed by atoms with Crippen molar-refractivity contribution in [3.63, 3.8) is 0 Å². The summed E-state index contributed by atoms with van der Waals surface area (Å²) < 4.78 is 15.8. The van der Waals surface area contributed by atoms with Crippen LogP contribution in [0.25, 0.3) is 33.3 Å². The maximum absolute atomic E-state index is 10.9. The van der Waals surface area contributed by atoms with Crippen molar-refractivity contribution < 1.29 is 28.4 Å². The molecule has 7 nitrogen and oxygen atoms in total. The summed E-state index contributed by atoms with van der Waals surface area (Å²) in [6, 6.07) is 4.52. The Labute approximate surface area is 116 Å². The monoisotopic (exact) mass is 285 g/mol. The fourth-order valence-corrected chi connectivity index (χ4v) is 2.36. The molecule has 0 aliphatic rings. The van der Waals surface area contributed by atoms with E-state index in [-0.39, 0.29) is 22.8 Å². The van der Waals surface area contributed by atoms with Crippen LogP contribution in [0.4, 0.5) is 0 Å². The van der Waals surface area contributed by atoms with E-state index in [0.717, 1.165) is 0 Å². The SMILES string of the molecule is O=C(O)c1cc(-c2c3ccoc3c(O)c3ccoc23)on1. The molecule has 1 aromatic carbocycles. The van der Waals surface area contributed by atoms with Crippen LogP contribution >= 0.6 is 0 Å². The molecular formula is C14H7NO6. The molecule has 0 fully saturated rings. The Kier molecular flexibility index (Phi) is 2.15. The molecule has 7 heteroatoms. The van der Waals surface area contributed by atoms with Gasteiger partial charge in [-0.3, -0.25) is 0 Å². The van der Waals surface area contributed by atoms with Crippen LogP contribution in [0.5, 0.6) is 5.75 Å². The summed E-state index contributed by atoms with van der Waals surface area (Å²) in [6.45, 7) is 0. The number of carbonyl (C=O) groups is 1. The summed E-state index contributed by atoms with van der Waals surface area (Å²) in [7, 11) is 0. The van der Waals surface area contributed by atoms with Crippen molar-refractivity contribution in [1.29, 1.82) is 0 Å². The van der Waals surface area contributed by atoms with Crippen LogP contribution in [-0.2, 0) is 0 Å². The van der Waals surface area contributed by atoms with E-state index in [4.69, 9.17) is 18.5 Å². The Morgan fingerprint density at radius 3 is 2.52 bits per heavy atom. The molecule has 0 aliphatic heterocycles. The molecule has 0 radical (unpaired) electrons. The van der Waals surface area contributed by atoms with Gasteiger partial charge in [0.25, 0.3) is 0 Å². The van der Waals surface area contributed by atoms with Crippen molar-refractivity contribution in [2.45, 2.75) is 0 Å². The molecule has 0 saturated heterocycles. The van der Waals surface area contributed by atoms with Crippen LogP contribution in [0.1, 0.15) is 10.5 Å². The highest BCUT2D eigenvalue weighted by molar-refractivity contribution is 6.12. The van der Waals surface area contributed by atoms with Gasteiger partial charge in [0.05, 0.1) is 23.5 Å². The Morgan fingerprint density at radius 2 is 1.81 bits per heavy atom. The number of furan rings is 2. The first-order valence-electron chi connectivity index (χ1n) is 5.96. The van der Waals surface area contributed by atoms with Gasteiger partial charge in [0.15, 0.2) is 22.8 Å². The molecule has 2 N–H and O–H groups in total. The second-order valence-corrected chi connectivity index (χ2v) is 4.43. The summed E-state index contributed by atoms with van der Waals surface area (Å²) in [5.74, 6) is -1.01. The van der Waals surface area contributed by atoms with Gasteiger partial charge < -0.3 is 23.6 Å². The predicted molar refractivity (Wildman–Crippen MR) is 70.1 cm³/mol. The Hall–Kier alpha value is -3.22. The van der Waals surface area contributed by atoms with E-state index in [1.54, 1.807) is 12.1 Å². The lowest BCUT2D eigenvalue weighted by Gasteiger charge is -2.02. The number of aromatic nitrogens is 1. The van der Waals surface area contributed by atoms with E-state index in [2.05, 4.69) is 5.16 Å². The van der Waals surface area contributed by atoms with Crippen LogP contribution in [0, 0.1) is 0 Å². The average Bonchev–Trinajstić information content (AvgIpc) is 3.19. The lowest BCUT2D eigenvalue weighted by Crippen LogP contribution is -1.94. The third-order valence-electron chi connectivity index (χ3n) is 3.27. The van der Waals surface area contributed by atoms with Crippen LogP contribution in [0.15, 0.2) is 44.1 Å². The highest BCUT2D eigenvalue weighted by Gasteiger charge is 2.23. The number of hydrogen-bond acceptors (Lipinski definition) is 6. The van der Waals surface area contributed by atoms with Gasteiger partial charge in [0.1, 0.15) is 5.58 Å². The first-order chi connectivity index (χ1) is 10.2. The summed E-state index contributed by atoms with van der Waals surface area (Å²) in [5, 5.41) is 23.6. The average molecular weight is 285 g/mol. The zero-order valence-electron chi connectivity index (χ0n) is 10.4. The highest BCUT2D eigenvalue weighted by atomic mass is 16.5. The summed E-state index contributed by atoms with van der Waals surface area (Å²) in [4.78, 5) is 10.9. The zero-order chi connectivity index (χ0) is 14.6. The zero-order valence-corrected chi connectivity index (χ0v) is 10.4. The van der Waals surface area contributed by atoms with E-state index >= 15 is 0 Å². The minimum atomic E-state index is -1.19. The number of phenolic OH excluding ortho intramolecular Hbond substituents is 1. The quantitative estimate of drug-likeness (QED) is 0.581. The second-order valence-electron chi connectivity index (χ2n) is 4.43. The standard InChI is InChI=1S/C14H7NO6/c16-11-7-2-4-19-12(7)10(6-1-3-20-13(6)11)9-5-8(14(17)18)15-21-9/h1-5,16H,(H,17,18). The minimum absolute atomic E-state index is 0.0412. The summed E-state index contributed by atoms with van der Waals surface area (Å²) in [5.41, 5.74) is 0.910. The van der Waals surface area contributed by atoms with E-state index in [1.165, 1.54) is 18.6 Å². The van der Waals surface area contributed by atoms with Crippen LogP contribution < -0.4 is 0 Å². The lowest BCUT2D eigenvalue weighted by atomic mass is 10.0. The van der Waals surface area contributed by atoms with E-state index in [1.807, 2.05) is 0 Å². The number of benzene rings is 1. The van der Waals surface area contributed by atoms with Gasteiger partial charge in [0.2, 0.25) is 0 Å². The molecule has 0 amide bonds. The molecule has 4 aromatic rings. The van der Waals surface area contributed by atoms with Crippen molar-refractivity contribution in [1.82, 2.24) is 5.16 Å². The topological polar surface area (TPSA) is 110 Å². The number of fused-ring (bicyclic) bond motifs is 2. The van der Waals surface area contributed by atoms with Gasteiger partial charge in [-0.05, 0) is 12.1 Å². The number of carboxylic acids is 1. The van der Waals surface area contributed by atoms with E-state index in [0.29, 0.717) is 21.9 Å². The fraction of sp³-hybridized carbons (Fsp3) is 0. The maximum atomic E-state index is 10.9. The van der Waals surface area contributed by atoms with Crippen molar-refractivity contribution >= 4 is 27.9 Å². The van der Waals surface area contributed by atoms with Gasteiger partial charge >= 0.3 is 5.97 Å². The Balaban J connectivity index is 2.13. The smallest absolute Gasteiger partial charge is 0.358 e. The molecule has 3 heterocycles. The third-order valence-corrected chi connectivity index (χ3v) is 3.27. The van der Waals surface area contributed by atoms with E-state index < -0.39 is 5.97 Å². The Morgan fingerprint density at radius 1 is 1.10 bits per heavy atom. The number of aromatic carboxylic acids is 1. The molecule has 0 saturated carbocycles. The first kappa shape index (κ1) is 11.6. The predicted octanol–water partition coefficient (Wildman–Crippen LogP) is 3.24. The molecule has 104 valence electrons. The summed E-state index contributed by atoms with van der Waals surface area (Å²) >= 11 is 0. The van der Waals surface area contributed by atoms with Gasteiger partial charge in [-0.25, -0.2) is 4.79 Å². The molecule has 3 aromatic heterocycles. The number of rotatable bonds is 2.